The second-order valence-electron chi connectivity index (χ2n) is 3.76. The molecular formula is C10H15N. The number of hydrogen-bond acceptors (Lipinski definition) is 1. The molecule has 0 saturated heterocycles. The SMILES string of the molecule is C=NC1=CCC(C)(C)CC=C1. The van der Waals surface area contributed by atoms with Gasteiger partial charge in [-0.2, -0.15) is 0 Å². The van der Waals surface area contributed by atoms with Crippen LogP contribution >= 0.6 is 0 Å². The lowest BCUT2D eigenvalue weighted by atomic mass is 9.86. The third-order valence-corrected chi connectivity index (χ3v) is 2.01. The molecule has 0 aromatic heterocycles. The Hall–Kier alpha value is -0.850. The average Bonchev–Trinajstić information content (AvgIpc) is 2.10. The van der Waals surface area contributed by atoms with Crippen LogP contribution < -0.4 is 0 Å². The summed E-state index contributed by atoms with van der Waals surface area (Å²) < 4.78 is 0. The molecule has 0 atom stereocenters. The summed E-state index contributed by atoms with van der Waals surface area (Å²) in [4.78, 5) is 3.90. The molecule has 1 heteroatoms. The summed E-state index contributed by atoms with van der Waals surface area (Å²) in [5.41, 5.74) is 1.40. The van der Waals surface area contributed by atoms with Crippen molar-refractivity contribution < 1.29 is 0 Å². The fraction of sp³-hybridized carbons (Fsp3) is 0.500. The molecule has 1 aliphatic rings. The Labute approximate surface area is 68.5 Å². The number of aliphatic imine (C=N–C) groups is 1. The fourth-order valence-electron chi connectivity index (χ4n) is 1.15. The van der Waals surface area contributed by atoms with E-state index in [4.69, 9.17) is 0 Å². The Bertz CT molecular complexity index is 209. The van der Waals surface area contributed by atoms with Gasteiger partial charge in [0.05, 0.1) is 5.70 Å². The Morgan fingerprint density at radius 1 is 1.45 bits per heavy atom. The molecule has 1 rings (SSSR count). The molecule has 0 heterocycles. The van der Waals surface area contributed by atoms with Crippen LogP contribution in [-0.2, 0) is 0 Å². The monoisotopic (exact) mass is 149 g/mol. The van der Waals surface area contributed by atoms with Gasteiger partial charge in [0.2, 0.25) is 0 Å². The number of hydrogen-bond donors (Lipinski definition) is 0. The molecular weight excluding hydrogens is 134 g/mol. The molecule has 11 heavy (non-hydrogen) atoms. The molecule has 60 valence electrons. The maximum absolute atomic E-state index is 3.90. The highest BCUT2D eigenvalue weighted by atomic mass is 14.7. The Morgan fingerprint density at radius 2 is 2.18 bits per heavy atom. The molecule has 0 aliphatic heterocycles. The summed E-state index contributed by atoms with van der Waals surface area (Å²) in [5.74, 6) is 0. The lowest BCUT2D eigenvalue weighted by molar-refractivity contribution is 0.378. The van der Waals surface area contributed by atoms with E-state index in [9.17, 15) is 0 Å². The van der Waals surface area contributed by atoms with Gasteiger partial charge in [0, 0.05) is 0 Å². The zero-order valence-electron chi connectivity index (χ0n) is 7.30. The first-order valence-corrected chi connectivity index (χ1v) is 3.97. The first kappa shape index (κ1) is 8.25. The van der Waals surface area contributed by atoms with Gasteiger partial charge in [-0.05, 0) is 31.1 Å². The van der Waals surface area contributed by atoms with Crippen molar-refractivity contribution in [3.05, 3.63) is 23.9 Å². The summed E-state index contributed by atoms with van der Waals surface area (Å²) in [6.45, 7) is 8.03. The highest BCUT2D eigenvalue weighted by Crippen LogP contribution is 2.29. The van der Waals surface area contributed by atoms with E-state index in [0.717, 1.165) is 18.5 Å². The van der Waals surface area contributed by atoms with Crippen molar-refractivity contribution in [2.75, 3.05) is 0 Å². The van der Waals surface area contributed by atoms with Gasteiger partial charge in [-0.1, -0.05) is 26.0 Å². The van der Waals surface area contributed by atoms with Crippen molar-refractivity contribution in [1.29, 1.82) is 0 Å². The Kier molecular flexibility index (Phi) is 2.28. The minimum Gasteiger partial charge on any atom is -0.265 e. The molecule has 0 N–H and O–H groups in total. The van der Waals surface area contributed by atoms with Crippen LogP contribution in [0.15, 0.2) is 28.9 Å². The van der Waals surface area contributed by atoms with Gasteiger partial charge in [-0.3, -0.25) is 4.99 Å². The predicted molar refractivity (Wildman–Crippen MR) is 49.8 cm³/mol. The largest absolute Gasteiger partial charge is 0.265 e. The van der Waals surface area contributed by atoms with Gasteiger partial charge in [-0.25, -0.2) is 0 Å². The number of rotatable bonds is 1. The summed E-state index contributed by atoms with van der Waals surface area (Å²) in [5, 5.41) is 0. The molecule has 0 aromatic rings. The van der Waals surface area contributed by atoms with Gasteiger partial charge >= 0.3 is 0 Å². The van der Waals surface area contributed by atoms with Crippen molar-refractivity contribution >= 4 is 6.72 Å². The maximum Gasteiger partial charge on any atom is 0.0579 e. The van der Waals surface area contributed by atoms with Gasteiger partial charge in [0.1, 0.15) is 0 Å². The van der Waals surface area contributed by atoms with Gasteiger partial charge in [0.15, 0.2) is 0 Å². The van der Waals surface area contributed by atoms with E-state index in [1.807, 2.05) is 6.08 Å². The van der Waals surface area contributed by atoms with E-state index in [1.54, 1.807) is 0 Å². The normalized spacial score (nSPS) is 22.2. The van der Waals surface area contributed by atoms with Crippen LogP contribution in [0.5, 0.6) is 0 Å². The summed E-state index contributed by atoms with van der Waals surface area (Å²) >= 11 is 0. The molecule has 0 amide bonds. The van der Waals surface area contributed by atoms with E-state index < -0.39 is 0 Å². The summed E-state index contributed by atoms with van der Waals surface area (Å²) in [6, 6.07) is 0. The van der Waals surface area contributed by atoms with Crippen molar-refractivity contribution in [2.24, 2.45) is 10.4 Å². The third kappa shape index (κ3) is 2.34. The summed E-state index contributed by atoms with van der Waals surface area (Å²) in [7, 11) is 0. The molecule has 0 bridgehead atoms. The van der Waals surface area contributed by atoms with Crippen molar-refractivity contribution in [3.63, 3.8) is 0 Å². The van der Waals surface area contributed by atoms with Crippen molar-refractivity contribution in [3.8, 4) is 0 Å². The van der Waals surface area contributed by atoms with Crippen LogP contribution in [0.25, 0.3) is 0 Å². The predicted octanol–water partition coefficient (Wildman–Crippen LogP) is 2.95. The van der Waals surface area contributed by atoms with E-state index in [2.05, 4.69) is 37.7 Å². The van der Waals surface area contributed by atoms with Crippen LogP contribution in [0.2, 0.25) is 0 Å². The first-order chi connectivity index (χ1) is 5.14. The molecule has 0 aromatic carbocycles. The van der Waals surface area contributed by atoms with E-state index in [1.165, 1.54) is 0 Å². The van der Waals surface area contributed by atoms with Crippen molar-refractivity contribution in [2.45, 2.75) is 26.7 Å². The van der Waals surface area contributed by atoms with Crippen LogP contribution in [0.3, 0.4) is 0 Å². The minimum atomic E-state index is 0.392. The lowest BCUT2D eigenvalue weighted by Gasteiger charge is -2.19. The highest BCUT2D eigenvalue weighted by molar-refractivity contribution is 5.34. The van der Waals surface area contributed by atoms with Crippen LogP contribution in [0.1, 0.15) is 26.7 Å². The van der Waals surface area contributed by atoms with E-state index >= 15 is 0 Å². The number of allylic oxidation sites excluding steroid dienone is 3. The van der Waals surface area contributed by atoms with Gasteiger partial charge in [-0.15, -0.1) is 0 Å². The lowest BCUT2D eigenvalue weighted by Crippen LogP contribution is -2.06. The molecule has 1 nitrogen and oxygen atoms in total. The molecule has 0 spiro atoms. The zero-order chi connectivity index (χ0) is 8.32. The Morgan fingerprint density at radius 3 is 2.82 bits per heavy atom. The van der Waals surface area contributed by atoms with Crippen molar-refractivity contribution in [1.82, 2.24) is 0 Å². The molecule has 0 radical (unpaired) electrons. The minimum absolute atomic E-state index is 0.392. The van der Waals surface area contributed by atoms with Crippen LogP contribution in [-0.4, -0.2) is 6.72 Å². The second-order valence-corrected chi connectivity index (χ2v) is 3.76. The van der Waals surface area contributed by atoms with Crippen LogP contribution in [0, 0.1) is 5.41 Å². The van der Waals surface area contributed by atoms with Gasteiger partial charge in [0.25, 0.3) is 0 Å². The second kappa shape index (κ2) is 3.04. The smallest absolute Gasteiger partial charge is 0.0579 e. The quantitative estimate of drug-likeness (QED) is 0.508. The standard InChI is InChI=1S/C10H15N/c1-10(2)7-4-5-9(11-3)6-8-10/h4-6H,3,7-8H2,1-2H3. The van der Waals surface area contributed by atoms with Gasteiger partial charge < -0.3 is 0 Å². The zero-order valence-corrected chi connectivity index (χ0v) is 7.30. The maximum atomic E-state index is 3.90. The molecule has 0 saturated carbocycles. The van der Waals surface area contributed by atoms with Crippen LogP contribution in [0.4, 0.5) is 0 Å². The molecule has 1 aliphatic carbocycles. The molecule has 0 unspecified atom stereocenters. The molecule has 0 fully saturated rings. The Balaban J connectivity index is 2.76. The van der Waals surface area contributed by atoms with E-state index in [0.29, 0.717) is 5.41 Å². The fourth-order valence-corrected chi connectivity index (χ4v) is 1.15. The topological polar surface area (TPSA) is 12.4 Å². The average molecular weight is 149 g/mol. The number of nitrogens with zero attached hydrogens (tertiary/aromatic N) is 1. The summed E-state index contributed by atoms with van der Waals surface area (Å²) in [6.07, 6.45) is 8.59. The van der Waals surface area contributed by atoms with E-state index in [-0.39, 0.29) is 0 Å². The first-order valence-electron chi connectivity index (χ1n) is 3.97. The third-order valence-electron chi connectivity index (χ3n) is 2.01. The highest BCUT2D eigenvalue weighted by Gasteiger charge is 2.15.